The van der Waals surface area contributed by atoms with E-state index in [0.717, 1.165) is 32.1 Å². The van der Waals surface area contributed by atoms with E-state index in [2.05, 4.69) is 15.4 Å². The zero-order valence-electron chi connectivity index (χ0n) is 8.16. The molecule has 0 saturated carbocycles. The average molecular weight is 184 g/mol. The quantitative estimate of drug-likeness (QED) is 0.634. The van der Waals surface area contributed by atoms with Crippen LogP contribution in [0.4, 0.5) is 0 Å². The lowest BCUT2D eigenvalue weighted by molar-refractivity contribution is 0.198. The zero-order valence-corrected chi connectivity index (χ0v) is 8.16. The van der Waals surface area contributed by atoms with E-state index in [1.54, 1.807) is 13.4 Å². The molecule has 0 aliphatic rings. The Morgan fingerprint density at radius 3 is 3.15 bits per heavy atom. The van der Waals surface area contributed by atoms with Crippen molar-refractivity contribution in [2.45, 2.75) is 20.0 Å². The summed E-state index contributed by atoms with van der Waals surface area (Å²) >= 11 is 0. The van der Waals surface area contributed by atoms with E-state index in [4.69, 9.17) is 4.74 Å². The molecular formula is C8H16N4O. The van der Waals surface area contributed by atoms with Gasteiger partial charge in [-0.25, -0.2) is 9.67 Å². The van der Waals surface area contributed by atoms with E-state index in [0.29, 0.717) is 0 Å². The Morgan fingerprint density at radius 1 is 1.62 bits per heavy atom. The third kappa shape index (κ3) is 3.12. The van der Waals surface area contributed by atoms with E-state index in [-0.39, 0.29) is 0 Å². The van der Waals surface area contributed by atoms with Crippen LogP contribution in [0.3, 0.4) is 0 Å². The summed E-state index contributed by atoms with van der Waals surface area (Å²) in [5.74, 6) is 0.971. The molecule has 13 heavy (non-hydrogen) atoms. The molecule has 0 spiro atoms. The third-order valence-corrected chi connectivity index (χ3v) is 1.76. The SMILES string of the molecule is CCn1ncnc1CNCCOC. The number of methoxy groups -OCH3 is 1. The molecule has 1 aromatic rings. The molecular weight excluding hydrogens is 168 g/mol. The normalized spacial score (nSPS) is 10.6. The Hall–Kier alpha value is -0.940. The summed E-state index contributed by atoms with van der Waals surface area (Å²) in [6.07, 6.45) is 1.58. The summed E-state index contributed by atoms with van der Waals surface area (Å²) in [6.45, 7) is 5.22. The number of aromatic nitrogens is 3. The van der Waals surface area contributed by atoms with Crippen LogP contribution in [0.2, 0.25) is 0 Å². The van der Waals surface area contributed by atoms with Crippen molar-refractivity contribution in [1.29, 1.82) is 0 Å². The molecule has 0 fully saturated rings. The van der Waals surface area contributed by atoms with Gasteiger partial charge in [-0.15, -0.1) is 0 Å². The lowest BCUT2D eigenvalue weighted by Crippen LogP contribution is -2.21. The lowest BCUT2D eigenvalue weighted by Gasteiger charge is -2.04. The van der Waals surface area contributed by atoms with Gasteiger partial charge in [0.25, 0.3) is 0 Å². The summed E-state index contributed by atoms with van der Waals surface area (Å²) in [6, 6.07) is 0. The van der Waals surface area contributed by atoms with E-state index >= 15 is 0 Å². The maximum Gasteiger partial charge on any atom is 0.140 e. The first-order valence-electron chi connectivity index (χ1n) is 4.44. The van der Waals surface area contributed by atoms with E-state index in [9.17, 15) is 0 Å². The molecule has 1 rings (SSSR count). The number of hydrogen-bond acceptors (Lipinski definition) is 4. The van der Waals surface area contributed by atoms with Crippen molar-refractivity contribution in [2.24, 2.45) is 0 Å². The fourth-order valence-corrected chi connectivity index (χ4v) is 1.06. The van der Waals surface area contributed by atoms with Crippen LogP contribution in [-0.2, 0) is 17.8 Å². The minimum Gasteiger partial charge on any atom is -0.383 e. The molecule has 0 saturated heterocycles. The van der Waals surface area contributed by atoms with E-state index in [1.807, 2.05) is 11.6 Å². The molecule has 0 aliphatic carbocycles. The van der Waals surface area contributed by atoms with Gasteiger partial charge in [-0.2, -0.15) is 5.10 Å². The van der Waals surface area contributed by atoms with Gasteiger partial charge in [-0.05, 0) is 6.92 Å². The van der Waals surface area contributed by atoms with Crippen LogP contribution in [0.5, 0.6) is 0 Å². The molecule has 1 N–H and O–H groups in total. The lowest BCUT2D eigenvalue weighted by atomic mass is 10.5. The van der Waals surface area contributed by atoms with Gasteiger partial charge in [0.05, 0.1) is 13.2 Å². The summed E-state index contributed by atoms with van der Waals surface area (Å²) in [5.41, 5.74) is 0. The second-order valence-corrected chi connectivity index (χ2v) is 2.66. The van der Waals surface area contributed by atoms with Crippen molar-refractivity contribution in [3.63, 3.8) is 0 Å². The van der Waals surface area contributed by atoms with Crippen LogP contribution >= 0.6 is 0 Å². The van der Waals surface area contributed by atoms with Gasteiger partial charge in [0.1, 0.15) is 12.2 Å². The summed E-state index contributed by atoms with van der Waals surface area (Å²) in [4.78, 5) is 4.13. The standard InChI is InChI=1S/C8H16N4O/c1-3-12-8(10-7-11-12)6-9-4-5-13-2/h7,9H,3-6H2,1-2H3. The molecule has 0 aliphatic heterocycles. The van der Waals surface area contributed by atoms with Gasteiger partial charge in [0.2, 0.25) is 0 Å². The maximum atomic E-state index is 4.91. The van der Waals surface area contributed by atoms with E-state index < -0.39 is 0 Å². The molecule has 0 amide bonds. The van der Waals surface area contributed by atoms with Gasteiger partial charge in [0.15, 0.2) is 0 Å². The van der Waals surface area contributed by atoms with Crippen LogP contribution in [0.1, 0.15) is 12.7 Å². The van der Waals surface area contributed by atoms with Crippen molar-refractivity contribution in [2.75, 3.05) is 20.3 Å². The predicted molar refractivity (Wildman–Crippen MR) is 49.3 cm³/mol. The molecule has 0 bridgehead atoms. The van der Waals surface area contributed by atoms with Gasteiger partial charge in [0, 0.05) is 20.2 Å². The van der Waals surface area contributed by atoms with Gasteiger partial charge < -0.3 is 10.1 Å². The fraction of sp³-hybridized carbons (Fsp3) is 0.750. The molecule has 5 nitrogen and oxygen atoms in total. The first kappa shape index (κ1) is 10.1. The Kier molecular flexibility index (Phi) is 4.42. The number of rotatable bonds is 6. The highest BCUT2D eigenvalue weighted by atomic mass is 16.5. The summed E-state index contributed by atoms with van der Waals surface area (Å²) in [5, 5.41) is 7.28. The Labute approximate surface area is 78.1 Å². The van der Waals surface area contributed by atoms with Crippen molar-refractivity contribution < 1.29 is 4.74 Å². The van der Waals surface area contributed by atoms with Gasteiger partial charge in [-0.1, -0.05) is 0 Å². The van der Waals surface area contributed by atoms with Crippen molar-refractivity contribution >= 4 is 0 Å². The van der Waals surface area contributed by atoms with Crippen LogP contribution < -0.4 is 5.32 Å². The summed E-state index contributed by atoms with van der Waals surface area (Å²) < 4.78 is 6.79. The first-order valence-corrected chi connectivity index (χ1v) is 4.44. The predicted octanol–water partition coefficient (Wildman–Crippen LogP) is 0.0340. The molecule has 1 aromatic heterocycles. The topological polar surface area (TPSA) is 52.0 Å². The highest BCUT2D eigenvalue weighted by Crippen LogP contribution is 1.92. The summed E-state index contributed by atoms with van der Waals surface area (Å²) in [7, 11) is 1.69. The Morgan fingerprint density at radius 2 is 2.46 bits per heavy atom. The highest BCUT2D eigenvalue weighted by molar-refractivity contribution is 4.82. The number of aryl methyl sites for hydroxylation is 1. The fourth-order valence-electron chi connectivity index (χ4n) is 1.06. The maximum absolute atomic E-state index is 4.91. The van der Waals surface area contributed by atoms with Crippen LogP contribution in [-0.4, -0.2) is 35.0 Å². The molecule has 0 aromatic carbocycles. The number of hydrogen-bond donors (Lipinski definition) is 1. The monoisotopic (exact) mass is 184 g/mol. The van der Waals surface area contributed by atoms with Crippen LogP contribution in [0.15, 0.2) is 6.33 Å². The smallest absolute Gasteiger partial charge is 0.140 e. The van der Waals surface area contributed by atoms with Crippen molar-refractivity contribution in [3.05, 3.63) is 12.2 Å². The molecule has 5 heteroatoms. The van der Waals surface area contributed by atoms with Gasteiger partial charge >= 0.3 is 0 Å². The van der Waals surface area contributed by atoms with Crippen molar-refractivity contribution in [3.8, 4) is 0 Å². The minimum atomic E-state index is 0.722. The van der Waals surface area contributed by atoms with Crippen LogP contribution in [0.25, 0.3) is 0 Å². The second kappa shape index (κ2) is 5.66. The third-order valence-electron chi connectivity index (χ3n) is 1.76. The number of nitrogens with one attached hydrogen (secondary N) is 1. The molecule has 0 atom stereocenters. The molecule has 0 unspecified atom stereocenters. The van der Waals surface area contributed by atoms with Crippen LogP contribution in [0, 0.1) is 0 Å². The second-order valence-electron chi connectivity index (χ2n) is 2.66. The molecule has 0 radical (unpaired) electrons. The number of nitrogens with zero attached hydrogens (tertiary/aromatic N) is 3. The van der Waals surface area contributed by atoms with E-state index in [1.165, 1.54) is 0 Å². The zero-order chi connectivity index (χ0) is 9.52. The minimum absolute atomic E-state index is 0.722. The Bertz CT molecular complexity index is 236. The highest BCUT2D eigenvalue weighted by Gasteiger charge is 2.00. The first-order chi connectivity index (χ1) is 6.38. The largest absolute Gasteiger partial charge is 0.383 e. The van der Waals surface area contributed by atoms with Gasteiger partial charge in [-0.3, -0.25) is 0 Å². The Balaban J connectivity index is 2.27. The molecule has 1 heterocycles. The van der Waals surface area contributed by atoms with Crippen molar-refractivity contribution in [1.82, 2.24) is 20.1 Å². The molecule has 74 valence electrons. The number of ether oxygens (including phenoxy) is 1. The average Bonchev–Trinajstić information content (AvgIpc) is 2.60.